The minimum atomic E-state index is 0.0917. The van der Waals surface area contributed by atoms with Crippen LogP contribution in [0.5, 0.6) is 5.75 Å². The quantitative estimate of drug-likeness (QED) is 0.534. The van der Waals surface area contributed by atoms with Crippen LogP contribution in [-0.4, -0.2) is 16.7 Å². The van der Waals surface area contributed by atoms with E-state index in [1.807, 2.05) is 36.0 Å². The van der Waals surface area contributed by atoms with Gasteiger partial charge in [0.2, 0.25) is 0 Å². The summed E-state index contributed by atoms with van der Waals surface area (Å²) >= 11 is 0. The Morgan fingerprint density at radius 3 is 2.57 bits per heavy atom. The van der Waals surface area contributed by atoms with Crippen LogP contribution in [0, 0.1) is 0 Å². The van der Waals surface area contributed by atoms with Crippen molar-refractivity contribution in [1.82, 2.24) is 9.55 Å². The maximum Gasteiger partial charge on any atom is 0.200 e. The molecule has 5 nitrogen and oxygen atoms in total. The Bertz CT molecular complexity index is 1030. The molecule has 0 bridgehead atoms. The molecule has 142 valence electrons. The van der Waals surface area contributed by atoms with Crippen LogP contribution in [0.1, 0.15) is 22.7 Å². The van der Waals surface area contributed by atoms with Crippen molar-refractivity contribution in [2.24, 2.45) is 7.05 Å². The van der Waals surface area contributed by atoms with Crippen molar-refractivity contribution < 1.29 is 9.15 Å². The van der Waals surface area contributed by atoms with Crippen molar-refractivity contribution in [2.45, 2.75) is 12.3 Å². The minimum Gasteiger partial charge on any atom is -0.497 e. The van der Waals surface area contributed by atoms with Gasteiger partial charge < -0.3 is 19.5 Å². The monoisotopic (exact) mass is 373 g/mol. The number of hydrogen-bond acceptors (Lipinski definition) is 4. The molecule has 2 heterocycles. The van der Waals surface area contributed by atoms with Crippen molar-refractivity contribution in [1.29, 1.82) is 0 Å². The van der Waals surface area contributed by atoms with Gasteiger partial charge in [0.05, 0.1) is 25.3 Å². The van der Waals surface area contributed by atoms with Crippen LogP contribution >= 0.6 is 0 Å². The van der Waals surface area contributed by atoms with Gasteiger partial charge >= 0.3 is 0 Å². The van der Waals surface area contributed by atoms with Gasteiger partial charge in [-0.05, 0) is 41.3 Å². The topological polar surface area (TPSA) is 66.2 Å². The summed E-state index contributed by atoms with van der Waals surface area (Å²) in [6.45, 7) is 0. The molecular weight excluding hydrogens is 350 g/mol. The number of anilines is 1. The lowest BCUT2D eigenvalue weighted by molar-refractivity contribution is 0.414. The normalized spacial score (nSPS) is 12.1. The molecule has 5 heteroatoms. The molecule has 4 aromatic rings. The molecule has 0 aliphatic carbocycles. The highest BCUT2D eigenvalue weighted by Crippen LogP contribution is 2.31. The van der Waals surface area contributed by atoms with E-state index in [4.69, 9.17) is 14.9 Å². The van der Waals surface area contributed by atoms with Gasteiger partial charge in [0.25, 0.3) is 0 Å². The lowest BCUT2D eigenvalue weighted by Gasteiger charge is -2.16. The molecule has 0 saturated carbocycles. The number of aromatic nitrogens is 2. The van der Waals surface area contributed by atoms with E-state index in [2.05, 4.69) is 41.4 Å². The van der Waals surface area contributed by atoms with Crippen LogP contribution in [0.2, 0.25) is 0 Å². The molecule has 0 amide bonds. The first kappa shape index (κ1) is 17.9. The van der Waals surface area contributed by atoms with Crippen molar-refractivity contribution in [3.8, 4) is 16.9 Å². The second kappa shape index (κ2) is 7.64. The minimum absolute atomic E-state index is 0.0917. The standard InChI is InChI=1S/C23H23N3O2/c1-26-14-22(25-23(26)24)21(17-6-8-20(27-2)9-7-17)13-16-4-3-5-18(12-16)19-10-11-28-15-19/h3-12,14-15,21H,13H2,1-2H3,(H2,24,25). The maximum atomic E-state index is 6.01. The summed E-state index contributed by atoms with van der Waals surface area (Å²) in [6, 6.07) is 18.6. The number of nitrogens with zero attached hydrogens (tertiary/aromatic N) is 2. The Hall–Kier alpha value is -3.47. The average Bonchev–Trinajstić information content (AvgIpc) is 3.37. The van der Waals surface area contributed by atoms with Crippen LogP contribution in [0.15, 0.2) is 77.7 Å². The van der Waals surface area contributed by atoms with Crippen LogP contribution < -0.4 is 10.5 Å². The van der Waals surface area contributed by atoms with Crippen LogP contribution in [0.3, 0.4) is 0 Å². The molecule has 2 aromatic carbocycles. The summed E-state index contributed by atoms with van der Waals surface area (Å²) in [5.74, 6) is 1.44. The summed E-state index contributed by atoms with van der Waals surface area (Å²) < 4.78 is 12.4. The van der Waals surface area contributed by atoms with E-state index < -0.39 is 0 Å². The highest BCUT2D eigenvalue weighted by molar-refractivity contribution is 5.62. The molecule has 0 spiro atoms. The van der Waals surface area contributed by atoms with E-state index in [-0.39, 0.29) is 5.92 Å². The fourth-order valence-corrected chi connectivity index (χ4v) is 3.44. The first-order valence-electron chi connectivity index (χ1n) is 9.18. The molecule has 0 aliphatic heterocycles. The zero-order chi connectivity index (χ0) is 19.5. The first-order chi connectivity index (χ1) is 13.6. The number of imidazole rings is 1. The second-order valence-corrected chi connectivity index (χ2v) is 6.88. The van der Waals surface area contributed by atoms with Crippen LogP contribution in [-0.2, 0) is 13.5 Å². The Balaban J connectivity index is 1.70. The second-order valence-electron chi connectivity index (χ2n) is 6.88. The van der Waals surface area contributed by atoms with Crippen molar-refractivity contribution >= 4 is 5.95 Å². The van der Waals surface area contributed by atoms with Crippen LogP contribution in [0.25, 0.3) is 11.1 Å². The molecule has 2 N–H and O–H groups in total. The molecule has 4 rings (SSSR count). The van der Waals surface area contributed by atoms with Crippen LogP contribution in [0.4, 0.5) is 5.95 Å². The molecule has 0 fully saturated rings. The van der Waals surface area contributed by atoms with E-state index >= 15 is 0 Å². The summed E-state index contributed by atoms with van der Waals surface area (Å²) in [5, 5.41) is 0. The number of benzene rings is 2. The largest absolute Gasteiger partial charge is 0.497 e. The molecule has 1 unspecified atom stereocenters. The number of ether oxygens (including phenoxy) is 1. The Kier molecular flexibility index (Phi) is 4.89. The Morgan fingerprint density at radius 2 is 1.93 bits per heavy atom. The fourth-order valence-electron chi connectivity index (χ4n) is 3.44. The third-order valence-corrected chi connectivity index (χ3v) is 5.03. The third-order valence-electron chi connectivity index (χ3n) is 5.03. The Morgan fingerprint density at radius 1 is 1.11 bits per heavy atom. The molecular formula is C23H23N3O2. The van der Waals surface area contributed by atoms with E-state index in [1.54, 1.807) is 19.6 Å². The lowest BCUT2D eigenvalue weighted by atomic mass is 9.88. The number of aryl methyl sites for hydroxylation is 1. The van der Waals surface area contributed by atoms with Gasteiger partial charge in [0, 0.05) is 24.7 Å². The molecule has 1 atom stereocenters. The number of rotatable bonds is 6. The summed E-state index contributed by atoms with van der Waals surface area (Å²) in [4.78, 5) is 4.59. The van der Waals surface area contributed by atoms with E-state index in [0.717, 1.165) is 29.0 Å². The zero-order valence-corrected chi connectivity index (χ0v) is 16.0. The van der Waals surface area contributed by atoms with Gasteiger partial charge in [-0.3, -0.25) is 0 Å². The lowest BCUT2D eigenvalue weighted by Crippen LogP contribution is -2.06. The molecule has 0 aliphatic rings. The number of nitrogen functional groups attached to an aromatic ring is 1. The van der Waals surface area contributed by atoms with Gasteiger partial charge in [0.1, 0.15) is 5.75 Å². The molecule has 0 saturated heterocycles. The number of hydrogen-bond donors (Lipinski definition) is 1. The highest BCUT2D eigenvalue weighted by Gasteiger charge is 2.19. The Labute approximate surface area is 164 Å². The smallest absolute Gasteiger partial charge is 0.200 e. The SMILES string of the molecule is COc1ccc(C(Cc2cccc(-c3ccoc3)c2)c2cn(C)c(N)n2)cc1. The van der Waals surface area contributed by atoms with E-state index in [9.17, 15) is 0 Å². The average molecular weight is 373 g/mol. The van der Waals surface area contributed by atoms with Crippen molar-refractivity contribution in [2.75, 3.05) is 12.8 Å². The fraction of sp³-hybridized carbons (Fsp3) is 0.174. The van der Waals surface area contributed by atoms with Gasteiger partial charge in [-0.25, -0.2) is 4.98 Å². The molecule has 2 aromatic heterocycles. The zero-order valence-electron chi connectivity index (χ0n) is 16.0. The highest BCUT2D eigenvalue weighted by atomic mass is 16.5. The number of methoxy groups -OCH3 is 1. The maximum absolute atomic E-state index is 6.01. The predicted molar refractivity (Wildman–Crippen MR) is 110 cm³/mol. The van der Waals surface area contributed by atoms with Crippen molar-refractivity contribution in [3.05, 3.63) is 90.1 Å². The van der Waals surface area contributed by atoms with E-state index in [0.29, 0.717) is 5.95 Å². The van der Waals surface area contributed by atoms with E-state index in [1.165, 1.54) is 11.1 Å². The molecule has 28 heavy (non-hydrogen) atoms. The summed E-state index contributed by atoms with van der Waals surface area (Å²) in [7, 11) is 3.59. The van der Waals surface area contributed by atoms with Gasteiger partial charge in [-0.15, -0.1) is 0 Å². The van der Waals surface area contributed by atoms with Gasteiger partial charge in [-0.1, -0.05) is 36.4 Å². The molecule has 0 radical (unpaired) electrons. The third kappa shape index (κ3) is 3.64. The number of furan rings is 1. The van der Waals surface area contributed by atoms with Gasteiger partial charge in [-0.2, -0.15) is 0 Å². The van der Waals surface area contributed by atoms with Crippen molar-refractivity contribution in [3.63, 3.8) is 0 Å². The number of nitrogens with two attached hydrogens (primary N) is 1. The summed E-state index contributed by atoms with van der Waals surface area (Å²) in [5.41, 5.74) is 11.6. The summed E-state index contributed by atoms with van der Waals surface area (Å²) in [6.07, 6.45) is 6.27. The first-order valence-corrected chi connectivity index (χ1v) is 9.18. The predicted octanol–water partition coefficient (Wildman–Crippen LogP) is 4.65. The van der Waals surface area contributed by atoms with Gasteiger partial charge in [0.15, 0.2) is 5.95 Å².